The minimum atomic E-state index is -0.958. The van der Waals surface area contributed by atoms with Gasteiger partial charge in [0.05, 0.1) is 0 Å². The van der Waals surface area contributed by atoms with Gasteiger partial charge in [-0.2, -0.15) is 5.26 Å². The van der Waals surface area contributed by atoms with Crippen molar-refractivity contribution in [3.63, 3.8) is 0 Å². The Kier molecular flexibility index (Phi) is 4.83. The van der Waals surface area contributed by atoms with Crippen LogP contribution in [-0.2, 0) is 9.53 Å². The molecule has 0 amide bonds. The summed E-state index contributed by atoms with van der Waals surface area (Å²) in [7, 11) is 0. The first-order valence-corrected chi connectivity index (χ1v) is 4.40. The van der Waals surface area contributed by atoms with Gasteiger partial charge in [0.25, 0.3) is 0 Å². The molecule has 0 saturated heterocycles. The number of nitriles is 1. The molecule has 1 unspecified atom stereocenters. The molecule has 0 aliphatic carbocycles. The van der Waals surface area contributed by atoms with E-state index in [1.807, 2.05) is 19.9 Å². The molecule has 3 heteroatoms. The van der Waals surface area contributed by atoms with E-state index >= 15 is 0 Å². The van der Waals surface area contributed by atoms with Gasteiger partial charge in [0.1, 0.15) is 6.07 Å². The smallest absolute Gasteiger partial charge is 0.331 e. The molecule has 0 aromatic carbocycles. The van der Waals surface area contributed by atoms with Crippen molar-refractivity contribution in [3.05, 3.63) is 12.7 Å². The van der Waals surface area contributed by atoms with Crippen LogP contribution in [0.5, 0.6) is 0 Å². The lowest BCUT2D eigenvalue weighted by atomic mass is 9.96. The summed E-state index contributed by atoms with van der Waals surface area (Å²) in [6, 6.07) is 2.04. The number of carbonyl (C=O) groups excluding carboxylic acids is 1. The molecule has 0 heterocycles. The molecule has 13 heavy (non-hydrogen) atoms. The average Bonchev–Trinajstić information content (AvgIpc) is 2.17. The van der Waals surface area contributed by atoms with Crippen molar-refractivity contribution in [2.24, 2.45) is 0 Å². The van der Waals surface area contributed by atoms with Gasteiger partial charge in [-0.25, -0.2) is 4.79 Å². The summed E-state index contributed by atoms with van der Waals surface area (Å²) < 4.78 is 5.01. The summed E-state index contributed by atoms with van der Waals surface area (Å²) in [4.78, 5) is 10.9. The van der Waals surface area contributed by atoms with E-state index in [4.69, 9.17) is 10.00 Å². The van der Waals surface area contributed by atoms with Gasteiger partial charge in [-0.1, -0.05) is 26.8 Å². The fraction of sp³-hybridized carbons (Fsp3) is 0.600. The van der Waals surface area contributed by atoms with Crippen LogP contribution in [0.4, 0.5) is 0 Å². The second-order valence-corrected chi connectivity index (χ2v) is 2.83. The number of rotatable bonds is 5. The first-order valence-electron chi connectivity index (χ1n) is 4.40. The van der Waals surface area contributed by atoms with Crippen molar-refractivity contribution in [1.82, 2.24) is 0 Å². The SMILES string of the molecule is C=CC(=O)OC(C#N)(CC)CCC. The van der Waals surface area contributed by atoms with Gasteiger partial charge in [0.2, 0.25) is 0 Å². The number of hydrogen-bond donors (Lipinski definition) is 0. The summed E-state index contributed by atoms with van der Waals surface area (Å²) >= 11 is 0. The fourth-order valence-electron chi connectivity index (χ4n) is 1.10. The second-order valence-electron chi connectivity index (χ2n) is 2.83. The van der Waals surface area contributed by atoms with Crippen LogP contribution in [0, 0.1) is 11.3 Å². The Hall–Kier alpha value is -1.30. The van der Waals surface area contributed by atoms with Crippen LogP contribution in [0.1, 0.15) is 33.1 Å². The summed E-state index contributed by atoms with van der Waals surface area (Å²) in [6.07, 6.45) is 2.97. The lowest BCUT2D eigenvalue weighted by molar-refractivity contribution is -0.149. The Morgan fingerprint density at radius 2 is 2.31 bits per heavy atom. The van der Waals surface area contributed by atoms with E-state index in [0.29, 0.717) is 12.8 Å². The molecule has 0 radical (unpaired) electrons. The predicted octanol–water partition coefficient (Wildman–Crippen LogP) is 2.19. The molecule has 0 spiro atoms. The minimum absolute atomic E-state index is 0.511. The molecular formula is C10H15NO2. The van der Waals surface area contributed by atoms with Crippen LogP contribution in [-0.4, -0.2) is 11.6 Å². The lowest BCUT2D eigenvalue weighted by Gasteiger charge is -2.23. The summed E-state index contributed by atoms with van der Waals surface area (Å²) in [5, 5.41) is 8.89. The van der Waals surface area contributed by atoms with Crippen molar-refractivity contribution in [2.45, 2.75) is 38.7 Å². The number of nitrogens with zero attached hydrogens (tertiary/aromatic N) is 1. The molecule has 0 saturated carbocycles. The molecule has 0 rings (SSSR count). The first kappa shape index (κ1) is 11.7. The normalized spacial score (nSPS) is 13.9. The Morgan fingerprint density at radius 1 is 1.69 bits per heavy atom. The largest absolute Gasteiger partial charge is 0.440 e. The van der Waals surface area contributed by atoms with E-state index in [2.05, 4.69) is 6.58 Å². The van der Waals surface area contributed by atoms with E-state index in [-0.39, 0.29) is 0 Å². The highest BCUT2D eigenvalue weighted by Crippen LogP contribution is 2.21. The van der Waals surface area contributed by atoms with Gasteiger partial charge in [0, 0.05) is 12.5 Å². The van der Waals surface area contributed by atoms with E-state index in [1.165, 1.54) is 0 Å². The van der Waals surface area contributed by atoms with Crippen molar-refractivity contribution in [2.75, 3.05) is 0 Å². The lowest BCUT2D eigenvalue weighted by Crippen LogP contribution is -2.32. The zero-order valence-electron chi connectivity index (χ0n) is 8.17. The number of ether oxygens (including phenoxy) is 1. The van der Waals surface area contributed by atoms with Gasteiger partial charge >= 0.3 is 5.97 Å². The van der Waals surface area contributed by atoms with Gasteiger partial charge in [-0.3, -0.25) is 0 Å². The average molecular weight is 181 g/mol. The molecular weight excluding hydrogens is 166 g/mol. The first-order chi connectivity index (χ1) is 6.14. The maximum Gasteiger partial charge on any atom is 0.331 e. The summed E-state index contributed by atoms with van der Waals surface area (Å²) in [5.74, 6) is -0.531. The van der Waals surface area contributed by atoms with E-state index in [0.717, 1.165) is 12.5 Å². The Morgan fingerprint density at radius 3 is 2.62 bits per heavy atom. The van der Waals surface area contributed by atoms with E-state index in [9.17, 15) is 4.79 Å². The molecule has 3 nitrogen and oxygen atoms in total. The van der Waals surface area contributed by atoms with Gasteiger partial charge in [0.15, 0.2) is 5.60 Å². The molecule has 0 fully saturated rings. The zero-order valence-corrected chi connectivity index (χ0v) is 8.17. The summed E-state index contributed by atoms with van der Waals surface area (Å²) in [6.45, 7) is 7.07. The van der Waals surface area contributed by atoms with Crippen LogP contribution < -0.4 is 0 Å². The molecule has 72 valence electrons. The second kappa shape index (κ2) is 5.36. The Balaban J connectivity index is 4.49. The third kappa shape index (κ3) is 3.29. The van der Waals surface area contributed by atoms with Gasteiger partial charge < -0.3 is 4.74 Å². The van der Waals surface area contributed by atoms with Crippen LogP contribution in [0.15, 0.2) is 12.7 Å². The monoisotopic (exact) mass is 181 g/mol. The molecule has 0 aromatic heterocycles. The molecule has 1 atom stereocenters. The van der Waals surface area contributed by atoms with Crippen LogP contribution in [0.2, 0.25) is 0 Å². The fourth-order valence-corrected chi connectivity index (χ4v) is 1.10. The maximum atomic E-state index is 10.9. The number of carbonyl (C=O) groups is 1. The van der Waals surface area contributed by atoms with Crippen LogP contribution in [0.3, 0.4) is 0 Å². The number of hydrogen-bond acceptors (Lipinski definition) is 3. The minimum Gasteiger partial charge on any atom is -0.440 e. The van der Waals surface area contributed by atoms with Crippen molar-refractivity contribution >= 4 is 5.97 Å². The van der Waals surface area contributed by atoms with Crippen molar-refractivity contribution in [3.8, 4) is 6.07 Å². The molecule has 0 bridgehead atoms. The Labute approximate surface area is 79.0 Å². The summed E-state index contributed by atoms with van der Waals surface area (Å²) in [5.41, 5.74) is -0.958. The molecule has 0 aliphatic heterocycles. The quantitative estimate of drug-likeness (QED) is 0.482. The van der Waals surface area contributed by atoms with Gasteiger partial charge in [-0.15, -0.1) is 0 Å². The third-order valence-corrected chi connectivity index (χ3v) is 1.89. The maximum absolute atomic E-state index is 10.9. The standard InChI is InChI=1S/C10H15NO2/c1-4-7-10(6-3,8-11)13-9(12)5-2/h5H,2,4,6-7H2,1,3H3. The Bertz CT molecular complexity index is 230. The van der Waals surface area contributed by atoms with Crippen molar-refractivity contribution < 1.29 is 9.53 Å². The highest BCUT2D eigenvalue weighted by molar-refractivity contribution is 5.81. The highest BCUT2D eigenvalue weighted by atomic mass is 16.6. The molecule has 0 N–H and O–H groups in total. The predicted molar refractivity (Wildman–Crippen MR) is 49.8 cm³/mol. The molecule has 0 aromatic rings. The van der Waals surface area contributed by atoms with Crippen LogP contribution in [0.25, 0.3) is 0 Å². The van der Waals surface area contributed by atoms with E-state index in [1.54, 1.807) is 0 Å². The topological polar surface area (TPSA) is 50.1 Å². The van der Waals surface area contributed by atoms with E-state index < -0.39 is 11.6 Å². The number of esters is 1. The zero-order chi connectivity index (χ0) is 10.3. The highest BCUT2D eigenvalue weighted by Gasteiger charge is 2.30. The van der Waals surface area contributed by atoms with Crippen LogP contribution >= 0.6 is 0 Å². The van der Waals surface area contributed by atoms with Crippen molar-refractivity contribution in [1.29, 1.82) is 5.26 Å². The molecule has 0 aliphatic rings. The van der Waals surface area contributed by atoms with Gasteiger partial charge in [-0.05, 0) is 6.42 Å². The third-order valence-electron chi connectivity index (χ3n) is 1.89.